The van der Waals surface area contributed by atoms with E-state index in [4.69, 9.17) is 5.73 Å². The molecule has 4 nitrogen and oxygen atoms in total. The second-order valence-electron chi connectivity index (χ2n) is 4.31. The first-order chi connectivity index (χ1) is 7.86. The Morgan fingerprint density at radius 2 is 2.12 bits per heavy atom. The van der Waals surface area contributed by atoms with Crippen molar-refractivity contribution in [1.29, 1.82) is 0 Å². The van der Waals surface area contributed by atoms with Crippen molar-refractivity contribution in [2.24, 2.45) is 5.92 Å². The number of hydrogen-bond donors (Lipinski definition) is 1. The number of aromatic nitrogens is 2. The molecule has 1 saturated heterocycles. The van der Waals surface area contributed by atoms with Gasteiger partial charge in [0.15, 0.2) is 0 Å². The van der Waals surface area contributed by atoms with Crippen LogP contribution in [-0.2, 0) is 6.18 Å². The van der Waals surface area contributed by atoms with E-state index in [1.165, 1.54) is 6.07 Å². The Bertz CT molecular complexity index is 419. The zero-order chi connectivity index (χ0) is 12.6. The van der Waals surface area contributed by atoms with Crippen LogP contribution in [0.2, 0.25) is 0 Å². The first kappa shape index (κ1) is 11.9. The summed E-state index contributed by atoms with van der Waals surface area (Å²) < 4.78 is 37.5. The lowest BCUT2D eigenvalue weighted by Gasteiger charge is -2.18. The molecule has 1 aromatic heterocycles. The van der Waals surface area contributed by atoms with E-state index in [9.17, 15) is 13.2 Å². The van der Waals surface area contributed by atoms with Gasteiger partial charge in [0, 0.05) is 19.2 Å². The van der Waals surface area contributed by atoms with Crippen molar-refractivity contribution in [2.75, 3.05) is 23.7 Å². The van der Waals surface area contributed by atoms with Gasteiger partial charge in [0.1, 0.15) is 11.6 Å². The van der Waals surface area contributed by atoms with Gasteiger partial charge >= 0.3 is 6.18 Å². The Kier molecular flexibility index (Phi) is 2.84. The summed E-state index contributed by atoms with van der Waals surface area (Å²) in [5, 5.41) is 0. The van der Waals surface area contributed by atoms with Crippen molar-refractivity contribution >= 4 is 11.6 Å². The Labute approximate surface area is 96.7 Å². The van der Waals surface area contributed by atoms with Crippen LogP contribution in [0.5, 0.6) is 0 Å². The van der Waals surface area contributed by atoms with Gasteiger partial charge in [-0.2, -0.15) is 13.2 Å². The predicted octanol–water partition coefficient (Wildman–Crippen LogP) is 1.92. The summed E-state index contributed by atoms with van der Waals surface area (Å²) in [6, 6.07) is 1.38. The molecule has 1 fully saturated rings. The Balaban J connectivity index is 2.32. The van der Waals surface area contributed by atoms with Crippen LogP contribution in [0.25, 0.3) is 0 Å². The molecule has 0 amide bonds. The molecule has 2 heterocycles. The molecule has 1 atom stereocenters. The molecule has 17 heavy (non-hydrogen) atoms. The highest BCUT2D eigenvalue weighted by atomic mass is 19.4. The number of nitrogens with zero attached hydrogens (tertiary/aromatic N) is 3. The zero-order valence-corrected chi connectivity index (χ0v) is 9.33. The zero-order valence-electron chi connectivity index (χ0n) is 9.33. The molecule has 2 N–H and O–H groups in total. The number of hydrogen-bond acceptors (Lipinski definition) is 4. The number of nitrogens with two attached hydrogens (primary N) is 1. The van der Waals surface area contributed by atoms with E-state index in [1.54, 1.807) is 4.90 Å². The van der Waals surface area contributed by atoms with Crippen molar-refractivity contribution in [3.63, 3.8) is 0 Å². The van der Waals surface area contributed by atoms with Gasteiger partial charge in [-0.15, -0.1) is 0 Å². The van der Waals surface area contributed by atoms with Crippen molar-refractivity contribution in [3.8, 4) is 0 Å². The standard InChI is InChI=1S/C10H13F3N4/c1-6-2-3-17(5-6)8-4-7(14)15-9(16-8)10(11,12)13/h4,6H,2-3,5H2,1H3,(H2,14,15,16). The fourth-order valence-corrected chi connectivity index (χ4v) is 1.88. The van der Waals surface area contributed by atoms with E-state index in [-0.39, 0.29) is 11.6 Å². The highest BCUT2D eigenvalue weighted by molar-refractivity contribution is 5.48. The average molecular weight is 246 g/mol. The van der Waals surface area contributed by atoms with E-state index >= 15 is 0 Å². The third kappa shape index (κ3) is 2.59. The molecule has 0 aliphatic carbocycles. The number of alkyl halides is 3. The topological polar surface area (TPSA) is 55.0 Å². The lowest BCUT2D eigenvalue weighted by atomic mass is 10.2. The van der Waals surface area contributed by atoms with Gasteiger partial charge in [0.2, 0.25) is 5.82 Å². The molecule has 94 valence electrons. The van der Waals surface area contributed by atoms with Gasteiger partial charge in [0.05, 0.1) is 0 Å². The molecule has 1 aliphatic heterocycles. The van der Waals surface area contributed by atoms with Gasteiger partial charge in [-0.25, -0.2) is 9.97 Å². The van der Waals surface area contributed by atoms with E-state index in [0.717, 1.165) is 6.42 Å². The Morgan fingerprint density at radius 1 is 1.41 bits per heavy atom. The summed E-state index contributed by atoms with van der Waals surface area (Å²) in [5.74, 6) is -0.608. The minimum absolute atomic E-state index is 0.151. The van der Waals surface area contributed by atoms with Crippen molar-refractivity contribution < 1.29 is 13.2 Å². The van der Waals surface area contributed by atoms with E-state index < -0.39 is 12.0 Å². The summed E-state index contributed by atoms with van der Waals surface area (Å²) in [4.78, 5) is 8.55. The fraction of sp³-hybridized carbons (Fsp3) is 0.600. The maximum atomic E-state index is 12.5. The second kappa shape index (κ2) is 4.05. The van der Waals surface area contributed by atoms with Crippen LogP contribution in [-0.4, -0.2) is 23.1 Å². The van der Waals surface area contributed by atoms with Crippen LogP contribution >= 0.6 is 0 Å². The summed E-state index contributed by atoms with van der Waals surface area (Å²) in [6.45, 7) is 3.46. The quantitative estimate of drug-likeness (QED) is 0.822. The average Bonchev–Trinajstić information content (AvgIpc) is 2.62. The van der Waals surface area contributed by atoms with Crippen LogP contribution in [0.3, 0.4) is 0 Å². The van der Waals surface area contributed by atoms with Gasteiger partial charge in [-0.1, -0.05) is 6.92 Å². The molecule has 0 radical (unpaired) electrons. The van der Waals surface area contributed by atoms with Crippen molar-refractivity contribution in [3.05, 3.63) is 11.9 Å². The van der Waals surface area contributed by atoms with Gasteiger partial charge in [0.25, 0.3) is 0 Å². The van der Waals surface area contributed by atoms with Crippen LogP contribution < -0.4 is 10.6 Å². The molecule has 1 aromatic rings. The minimum atomic E-state index is -4.56. The van der Waals surface area contributed by atoms with Crippen LogP contribution in [0, 0.1) is 5.92 Å². The van der Waals surface area contributed by atoms with E-state index in [2.05, 4.69) is 16.9 Å². The molecule has 1 unspecified atom stereocenters. The highest BCUT2D eigenvalue weighted by Gasteiger charge is 2.36. The number of rotatable bonds is 1. The number of halogens is 3. The Morgan fingerprint density at radius 3 is 2.65 bits per heavy atom. The second-order valence-corrected chi connectivity index (χ2v) is 4.31. The van der Waals surface area contributed by atoms with E-state index in [0.29, 0.717) is 19.0 Å². The maximum absolute atomic E-state index is 12.5. The molecule has 1 aliphatic rings. The minimum Gasteiger partial charge on any atom is -0.384 e. The molecule has 0 saturated carbocycles. The summed E-state index contributed by atoms with van der Waals surface area (Å²) in [5.41, 5.74) is 5.38. The van der Waals surface area contributed by atoms with Crippen molar-refractivity contribution in [1.82, 2.24) is 9.97 Å². The normalized spacial score (nSPS) is 20.9. The third-order valence-corrected chi connectivity index (χ3v) is 2.73. The first-order valence-electron chi connectivity index (χ1n) is 5.33. The number of anilines is 2. The van der Waals surface area contributed by atoms with Gasteiger partial charge in [-0.3, -0.25) is 0 Å². The third-order valence-electron chi connectivity index (χ3n) is 2.73. The number of nitrogen functional groups attached to an aromatic ring is 1. The van der Waals surface area contributed by atoms with Crippen LogP contribution in [0.15, 0.2) is 6.07 Å². The molecular weight excluding hydrogens is 233 g/mol. The predicted molar refractivity (Wildman–Crippen MR) is 57.4 cm³/mol. The lowest BCUT2D eigenvalue weighted by Crippen LogP contribution is -2.23. The smallest absolute Gasteiger partial charge is 0.384 e. The summed E-state index contributed by atoms with van der Waals surface area (Å²) >= 11 is 0. The van der Waals surface area contributed by atoms with Crippen LogP contribution in [0.1, 0.15) is 19.2 Å². The van der Waals surface area contributed by atoms with Gasteiger partial charge in [-0.05, 0) is 12.3 Å². The summed E-state index contributed by atoms with van der Waals surface area (Å²) in [6.07, 6.45) is -3.61. The lowest BCUT2D eigenvalue weighted by molar-refractivity contribution is -0.144. The Hall–Kier alpha value is -1.53. The molecule has 0 spiro atoms. The van der Waals surface area contributed by atoms with Gasteiger partial charge < -0.3 is 10.6 Å². The maximum Gasteiger partial charge on any atom is 0.451 e. The molecular formula is C10H13F3N4. The van der Waals surface area contributed by atoms with E-state index in [1.807, 2.05) is 0 Å². The molecule has 7 heteroatoms. The first-order valence-corrected chi connectivity index (χ1v) is 5.33. The molecule has 0 aromatic carbocycles. The molecule has 0 bridgehead atoms. The molecule has 2 rings (SSSR count). The largest absolute Gasteiger partial charge is 0.451 e. The fourth-order valence-electron chi connectivity index (χ4n) is 1.88. The van der Waals surface area contributed by atoms with Crippen molar-refractivity contribution in [2.45, 2.75) is 19.5 Å². The SMILES string of the molecule is CC1CCN(c2cc(N)nc(C(F)(F)F)n2)C1. The monoisotopic (exact) mass is 246 g/mol. The highest BCUT2D eigenvalue weighted by Crippen LogP contribution is 2.30. The summed E-state index contributed by atoms with van der Waals surface area (Å²) in [7, 11) is 0. The van der Waals surface area contributed by atoms with Crippen LogP contribution in [0.4, 0.5) is 24.8 Å².